The lowest BCUT2D eigenvalue weighted by molar-refractivity contribution is -0.294. The van der Waals surface area contributed by atoms with E-state index in [0.717, 1.165) is 77.0 Å². The molecule has 0 bridgehead atoms. The van der Waals surface area contributed by atoms with Crippen LogP contribution in [0.3, 0.4) is 0 Å². The molecule has 2 aliphatic heterocycles. The van der Waals surface area contributed by atoms with Gasteiger partial charge >= 0.3 is 23.5 Å². The minimum absolute atomic E-state index is 0.238. The molecule has 0 spiro atoms. The zero-order valence-corrected chi connectivity index (χ0v) is 43.3. The molecule has 70 heavy (non-hydrogen) atoms. The number of nitrogens with one attached hydrogen (secondary N) is 2. The maximum atomic E-state index is 13.4. The Bertz CT molecular complexity index is 1600. The Kier molecular flexibility index (Phi) is 32.0. The highest BCUT2D eigenvalue weighted by atomic mass is 31.3. The number of nitrogens with two attached hydrogens (primary N) is 1. The Morgan fingerprint density at radius 1 is 0.614 bits per heavy atom. The zero-order chi connectivity index (χ0) is 52.3. The van der Waals surface area contributed by atoms with Gasteiger partial charge in [0, 0.05) is 6.54 Å². The van der Waals surface area contributed by atoms with Gasteiger partial charge in [-0.15, -0.1) is 0 Å². The summed E-state index contributed by atoms with van der Waals surface area (Å²) in [5.41, 5.74) is 5.24. The summed E-state index contributed by atoms with van der Waals surface area (Å²) in [5, 5.41) is 70.0. The number of unbranched alkanes of at least 4 members (excludes halogenated alkanes) is 16. The first-order chi connectivity index (χ1) is 33.1. The summed E-state index contributed by atoms with van der Waals surface area (Å²) in [6.07, 6.45) is -0.304. The fraction of sp³-hybridized carbons (Fsp3) is 0.952. The predicted octanol–water partition coefficient (Wildman–Crippen LogP) is 2.53. The molecule has 14 atom stereocenters. The molecular formula is C42H84N3O22P3. The number of phosphoric acid groups is 3. The highest BCUT2D eigenvalue weighted by Crippen LogP contribution is 2.61. The molecule has 2 saturated heterocycles. The van der Waals surface area contributed by atoms with Crippen LogP contribution in [0.15, 0.2) is 0 Å². The van der Waals surface area contributed by atoms with E-state index < -0.39 is 141 Å². The van der Waals surface area contributed by atoms with Gasteiger partial charge < -0.3 is 80.8 Å². The van der Waals surface area contributed by atoms with Gasteiger partial charge in [0.25, 0.3) is 0 Å². The number of aliphatic hydroxyl groups is 6. The number of carbonyl (C=O) groups is 2. The highest BCUT2D eigenvalue weighted by molar-refractivity contribution is 7.61. The van der Waals surface area contributed by atoms with Gasteiger partial charge in [-0.2, -0.15) is 4.31 Å². The second kappa shape index (κ2) is 34.5. The Balaban J connectivity index is 2.20. The van der Waals surface area contributed by atoms with Gasteiger partial charge in [0.2, 0.25) is 11.8 Å². The number of phosphoric ester groups is 3. The van der Waals surface area contributed by atoms with Crippen molar-refractivity contribution < 1.29 is 106 Å². The predicted molar refractivity (Wildman–Crippen MR) is 251 cm³/mol. The first kappa shape index (κ1) is 65.0. The molecule has 0 aromatic rings. The van der Waals surface area contributed by atoms with Crippen LogP contribution in [0.2, 0.25) is 0 Å². The fourth-order valence-electron chi connectivity index (χ4n) is 8.13. The Labute approximate surface area is 411 Å². The van der Waals surface area contributed by atoms with E-state index in [1.54, 1.807) is 0 Å². The van der Waals surface area contributed by atoms with Gasteiger partial charge in [0.1, 0.15) is 48.7 Å². The maximum absolute atomic E-state index is 13.4. The summed E-state index contributed by atoms with van der Waals surface area (Å²) in [6, 6.07) is -3.65. The van der Waals surface area contributed by atoms with Crippen LogP contribution < -0.4 is 16.4 Å². The topological polar surface area (TPSA) is 402 Å². The number of rotatable bonds is 39. The normalized spacial score (nSPS) is 27.8. The Morgan fingerprint density at radius 2 is 1.06 bits per heavy atom. The molecule has 0 radical (unpaired) electrons. The summed E-state index contributed by atoms with van der Waals surface area (Å²) in [6.45, 7) is 1.41. The number of carbonyl (C=O) groups excluding carboxylic acids is 2. The average molecular weight is 1080 g/mol. The van der Waals surface area contributed by atoms with Crippen LogP contribution in [0.4, 0.5) is 0 Å². The molecule has 2 aliphatic rings. The Morgan fingerprint density at radius 3 is 1.50 bits per heavy atom. The van der Waals surface area contributed by atoms with Crippen LogP contribution in [0, 0.1) is 0 Å². The van der Waals surface area contributed by atoms with E-state index in [1.165, 1.54) is 25.7 Å². The molecule has 0 saturated carbocycles. The number of hydrogen-bond acceptors (Lipinski definition) is 19. The lowest BCUT2D eigenvalue weighted by atomic mass is 9.95. The summed E-state index contributed by atoms with van der Waals surface area (Å²) in [5.74, 6) is -1.77. The first-order valence-corrected chi connectivity index (χ1v) is 29.2. The van der Waals surface area contributed by atoms with Crippen LogP contribution >= 0.6 is 23.5 Å². The van der Waals surface area contributed by atoms with Crippen molar-refractivity contribution >= 4 is 35.3 Å². The van der Waals surface area contributed by atoms with Crippen molar-refractivity contribution in [2.45, 2.75) is 229 Å². The third-order valence-electron chi connectivity index (χ3n) is 11.8. The van der Waals surface area contributed by atoms with Gasteiger partial charge in [0.05, 0.1) is 44.9 Å². The maximum Gasteiger partial charge on any atom is 0.481 e. The van der Waals surface area contributed by atoms with Gasteiger partial charge in [-0.1, -0.05) is 129 Å². The lowest BCUT2D eigenvalue weighted by Gasteiger charge is -2.45. The largest absolute Gasteiger partial charge is 0.481 e. The molecule has 0 aliphatic carbocycles. The van der Waals surface area contributed by atoms with Crippen LogP contribution in [-0.2, 0) is 55.4 Å². The number of ether oxygens (including phenoxy) is 3. The van der Waals surface area contributed by atoms with E-state index in [9.17, 15) is 73.5 Å². The zero-order valence-electron chi connectivity index (χ0n) is 40.6. The van der Waals surface area contributed by atoms with Crippen molar-refractivity contribution in [2.24, 2.45) is 5.73 Å². The van der Waals surface area contributed by atoms with Gasteiger partial charge in [-0.3, -0.25) is 23.2 Å². The van der Waals surface area contributed by atoms with Crippen LogP contribution in [0.5, 0.6) is 0 Å². The van der Waals surface area contributed by atoms with E-state index in [2.05, 4.69) is 33.3 Å². The molecule has 14 N–H and O–H groups in total. The summed E-state index contributed by atoms with van der Waals surface area (Å²) >= 11 is 0. The number of amides is 2. The monoisotopic (exact) mass is 1080 g/mol. The van der Waals surface area contributed by atoms with Crippen molar-refractivity contribution in [3.8, 4) is 0 Å². The van der Waals surface area contributed by atoms with Gasteiger partial charge in [-0.25, -0.2) is 13.7 Å². The van der Waals surface area contributed by atoms with E-state index in [4.69, 9.17) is 29.0 Å². The Hall–Kier alpha value is -1.09. The minimum Gasteiger partial charge on any atom is -0.394 e. The molecule has 2 heterocycles. The molecule has 2 rings (SSSR count). The van der Waals surface area contributed by atoms with E-state index in [-0.39, 0.29) is 19.4 Å². The molecular weight excluding hydrogens is 991 g/mol. The van der Waals surface area contributed by atoms with E-state index in [1.807, 2.05) is 0 Å². The second-order valence-corrected chi connectivity index (χ2v) is 22.2. The fourth-order valence-corrected chi connectivity index (χ4v) is 10.9. The minimum atomic E-state index is -5.68. The summed E-state index contributed by atoms with van der Waals surface area (Å²) in [7, 11) is -16.4. The van der Waals surface area contributed by atoms with Crippen LogP contribution in [-0.4, -0.2) is 162 Å². The van der Waals surface area contributed by atoms with Crippen molar-refractivity contribution in [1.82, 2.24) is 10.6 Å². The lowest BCUT2D eigenvalue weighted by Crippen LogP contribution is -2.67. The quantitative estimate of drug-likeness (QED) is 0.0311. The van der Waals surface area contributed by atoms with Crippen molar-refractivity contribution in [3.05, 3.63) is 0 Å². The molecule has 2 fully saturated rings. The van der Waals surface area contributed by atoms with Crippen LogP contribution in [0.25, 0.3) is 0 Å². The van der Waals surface area contributed by atoms with E-state index >= 15 is 0 Å². The van der Waals surface area contributed by atoms with E-state index in [0.29, 0.717) is 12.8 Å². The van der Waals surface area contributed by atoms with Crippen molar-refractivity contribution in [2.75, 3.05) is 26.4 Å². The SMILES string of the molecule is CCCCCCCCCCC[C@@H](O)CC(=O)NC1C(O)[C@H](O)C(CO[C@@H]2O[C@H](CO)[C@@H](OP(=O)(O)OP(=O)(O)OCCN)C(O)C2NC(=O)C[C@H](O)CCCCCCCCCCC)O[C@@H]1OP(=O)(O)O. The first-order valence-electron chi connectivity index (χ1n) is 24.7. The van der Waals surface area contributed by atoms with Crippen LogP contribution in [0.1, 0.15) is 155 Å². The van der Waals surface area contributed by atoms with Gasteiger partial charge in [0.15, 0.2) is 12.6 Å². The summed E-state index contributed by atoms with van der Waals surface area (Å²) < 4.78 is 72.7. The molecule has 2 amide bonds. The highest BCUT2D eigenvalue weighted by Gasteiger charge is 2.53. The standard InChI is InChI=1S/C42H84N3O22P3/c1-3-5-7-9-11-13-15-17-19-21-29(47)25-33(49)44-35-38(52)37(51)32(64-42(35)66-68(54,55)56)28-61-41-36(45-34(50)26-30(48)22-20-18-16-14-12-10-8-6-4-2)39(53)40(31(27-46)63-41)65-70(59,60)67-69(57,58)62-24-23-43/h29-32,35-42,46-48,51-53H,3-28,43H2,1-2H3,(H,44,49)(H,45,50)(H,57,58)(H,59,60)(H2,54,55,56)/t29-,30-,31-,32?,35?,36?,37-,38?,39?,40-,41-,42-/m1/s1. The number of hydrogen-bond donors (Lipinski definition) is 13. The molecule has 25 nitrogen and oxygen atoms in total. The summed E-state index contributed by atoms with van der Waals surface area (Å²) in [4.78, 5) is 66.0. The number of aliphatic hydroxyl groups excluding tert-OH is 6. The van der Waals surface area contributed by atoms with Crippen molar-refractivity contribution in [3.63, 3.8) is 0 Å². The van der Waals surface area contributed by atoms with Crippen molar-refractivity contribution in [1.29, 1.82) is 0 Å². The second-order valence-electron chi connectivity index (χ2n) is 18.0. The molecule has 28 heteroatoms. The third-order valence-corrected chi connectivity index (χ3v) is 15.0. The third kappa shape index (κ3) is 26.4. The molecule has 0 aromatic heterocycles. The average Bonchev–Trinajstić information content (AvgIpc) is 3.27. The van der Waals surface area contributed by atoms with Gasteiger partial charge in [-0.05, 0) is 12.8 Å². The smallest absolute Gasteiger partial charge is 0.394 e. The molecule has 414 valence electrons. The molecule has 7 unspecified atom stereocenters. The molecule has 0 aromatic carbocycles.